The number of nitrogens with zero attached hydrogens (tertiary/aromatic N) is 3. The molecule has 1 unspecified atom stereocenters. The predicted molar refractivity (Wildman–Crippen MR) is 89.5 cm³/mol. The van der Waals surface area contributed by atoms with E-state index in [1.165, 1.54) is 5.56 Å². The molecule has 0 spiro atoms. The fourth-order valence-corrected chi connectivity index (χ4v) is 3.07. The van der Waals surface area contributed by atoms with Gasteiger partial charge < -0.3 is 15.0 Å². The van der Waals surface area contributed by atoms with Crippen molar-refractivity contribution in [3.63, 3.8) is 0 Å². The van der Waals surface area contributed by atoms with Crippen LogP contribution in [-0.4, -0.2) is 68.7 Å². The largest absolute Gasteiger partial charge is 0.379 e. The Kier molecular flexibility index (Phi) is 5.18. The van der Waals surface area contributed by atoms with Crippen LogP contribution in [-0.2, 0) is 4.74 Å². The highest BCUT2D eigenvalue weighted by molar-refractivity contribution is 6.30. The molecule has 120 valence electrons. The van der Waals surface area contributed by atoms with Crippen LogP contribution in [0.1, 0.15) is 11.6 Å². The lowest BCUT2D eigenvalue weighted by molar-refractivity contribution is 0.0169. The summed E-state index contributed by atoms with van der Waals surface area (Å²) in [6, 6.07) is 8.46. The van der Waals surface area contributed by atoms with Gasteiger partial charge in [-0.2, -0.15) is 0 Å². The molecule has 2 aliphatic heterocycles. The van der Waals surface area contributed by atoms with E-state index in [2.05, 4.69) is 39.3 Å². The lowest BCUT2D eigenvalue weighted by atomic mass is 10.0. The summed E-state index contributed by atoms with van der Waals surface area (Å²) < 4.78 is 5.48. The van der Waals surface area contributed by atoms with Crippen LogP contribution in [0, 0.1) is 0 Å². The van der Waals surface area contributed by atoms with Gasteiger partial charge in [-0.3, -0.25) is 9.89 Å². The van der Waals surface area contributed by atoms with Gasteiger partial charge in [-0.1, -0.05) is 23.7 Å². The molecule has 1 atom stereocenters. The van der Waals surface area contributed by atoms with Crippen LogP contribution in [0.15, 0.2) is 29.3 Å². The molecule has 0 aliphatic carbocycles. The second-order valence-corrected chi connectivity index (χ2v) is 6.16. The minimum Gasteiger partial charge on any atom is -0.379 e. The molecule has 0 aromatic heterocycles. The topological polar surface area (TPSA) is 40.1 Å². The highest BCUT2D eigenvalue weighted by atomic mass is 35.5. The van der Waals surface area contributed by atoms with E-state index in [0.29, 0.717) is 6.04 Å². The molecule has 1 fully saturated rings. The monoisotopic (exact) mass is 322 g/mol. The van der Waals surface area contributed by atoms with E-state index in [0.717, 1.165) is 56.9 Å². The molecule has 2 heterocycles. The van der Waals surface area contributed by atoms with Gasteiger partial charge in [-0.05, 0) is 17.7 Å². The lowest BCUT2D eigenvalue weighted by Crippen LogP contribution is -2.45. The second kappa shape index (κ2) is 7.31. The first kappa shape index (κ1) is 15.6. The van der Waals surface area contributed by atoms with Crippen LogP contribution in [0.5, 0.6) is 0 Å². The molecule has 0 radical (unpaired) electrons. The summed E-state index contributed by atoms with van der Waals surface area (Å²) >= 11 is 6.03. The number of likely N-dealkylation sites (N-methyl/N-ethyl adjacent to an activating group) is 1. The van der Waals surface area contributed by atoms with E-state index in [-0.39, 0.29) is 0 Å². The minimum atomic E-state index is 0.304. The number of halogens is 1. The molecular weight excluding hydrogens is 300 g/mol. The zero-order valence-electron chi connectivity index (χ0n) is 13.0. The lowest BCUT2D eigenvalue weighted by Gasteiger charge is -2.35. The first-order valence-electron chi connectivity index (χ1n) is 7.81. The molecule has 22 heavy (non-hydrogen) atoms. The van der Waals surface area contributed by atoms with Crippen LogP contribution in [0.3, 0.4) is 0 Å². The van der Waals surface area contributed by atoms with Crippen molar-refractivity contribution in [1.82, 2.24) is 15.1 Å². The molecule has 2 aliphatic rings. The summed E-state index contributed by atoms with van der Waals surface area (Å²) in [5.74, 6) is 0.993. The smallest absolute Gasteiger partial charge is 0.193 e. The number of guanidine groups is 1. The number of hydrogen-bond acceptors (Lipinski definition) is 5. The molecule has 1 saturated heterocycles. The maximum Gasteiger partial charge on any atom is 0.193 e. The SMILES string of the molecule is CN1CCN=C1NCC(c1ccc(Cl)cc1)N1CCOCC1. The van der Waals surface area contributed by atoms with Crippen molar-refractivity contribution in [2.75, 3.05) is 53.0 Å². The summed E-state index contributed by atoms with van der Waals surface area (Å²) in [5.41, 5.74) is 1.28. The average Bonchev–Trinajstić information content (AvgIpc) is 2.96. The Bertz CT molecular complexity index is 513. The third-order valence-corrected chi connectivity index (χ3v) is 4.51. The summed E-state index contributed by atoms with van der Waals surface area (Å²) in [4.78, 5) is 9.14. The molecule has 1 aromatic carbocycles. The van der Waals surface area contributed by atoms with E-state index in [4.69, 9.17) is 16.3 Å². The molecule has 5 nitrogen and oxygen atoms in total. The van der Waals surface area contributed by atoms with Gasteiger partial charge in [-0.15, -0.1) is 0 Å². The summed E-state index contributed by atoms with van der Waals surface area (Å²) in [7, 11) is 2.07. The Hall–Kier alpha value is -1.30. The molecule has 0 amide bonds. The van der Waals surface area contributed by atoms with Crippen molar-refractivity contribution in [3.8, 4) is 0 Å². The Morgan fingerprint density at radius 1 is 1.23 bits per heavy atom. The highest BCUT2D eigenvalue weighted by Crippen LogP contribution is 2.23. The third kappa shape index (κ3) is 3.72. The van der Waals surface area contributed by atoms with Gasteiger partial charge in [0.05, 0.1) is 25.8 Å². The minimum absolute atomic E-state index is 0.304. The van der Waals surface area contributed by atoms with Gasteiger partial charge in [-0.25, -0.2) is 0 Å². The number of aliphatic imine (C=N–C) groups is 1. The average molecular weight is 323 g/mol. The summed E-state index contributed by atoms with van der Waals surface area (Å²) in [6.45, 7) is 6.21. The fraction of sp³-hybridized carbons (Fsp3) is 0.562. The second-order valence-electron chi connectivity index (χ2n) is 5.72. The standard InChI is InChI=1S/C16H23ClN4O/c1-20-7-6-18-16(20)19-12-15(21-8-10-22-11-9-21)13-2-4-14(17)5-3-13/h2-5,15H,6-12H2,1H3,(H,18,19). The number of hydrogen-bond donors (Lipinski definition) is 1. The zero-order chi connectivity index (χ0) is 15.4. The van der Waals surface area contributed by atoms with Crippen molar-refractivity contribution in [2.24, 2.45) is 4.99 Å². The van der Waals surface area contributed by atoms with Crippen LogP contribution in [0.25, 0.3) is 0 Å². The Balaban J connectivity index is 1.71. The van der Waals surface area contributed by atoms with E-state index >= 15 is 0 Å². The number of ether oxygens (including phenoxy) is 1. The van der Waals surface area contributed by atoms with Crippen molar-refractivity contribution >= 4 is 17.6 Å². The predicted octanol–water partition coefficient (Wildman–Crippen LogP) is 1.60. The zero-order valence-corrected chi connectivity index (χ0v) is 13.7. The van der Waals surface area contributed by atoms with Crippen LogP contribution in [0.2, 0.25) is 5.02 Å². The summed E-state index contributed by atoms with van der Waals surface area (Å²) in [6.07, 6.45) is 0. The Labute approximate surface area is 136 Å². The van der Waals surface area contributed by atoms with E-state index in [1.807, 2.05) is 12.1 Å². The van der Waals surface area contributed by atoms with Gasteiger partial charge in [0.25, 0.3) is 0 Å². The van der Waals surface area contributed by atoms with Crippen LogP contribution in [0.4, 0.5) is 0 Å². The molecular formula is C16H23ClN4O. The number of nitrogens with one attached hydrogen (secondary N) is 1. The van der Waals surface area contributed by atoms with Crippen molar-refractivity contribution in [3.05, 3.63) is 34.9 Å². The fourth-order valence-electron chi connectivity index (χ4n) is 2.94. The Morgan fingerprint density at radius 3 is 2.59 bits per heavy atom. The maximum absolute atomic E-state index is 6.03. The van der Waals surface area contributed by atoms with Gasteiger partial charge in [0, 0.05) is 38.2 Å². The first-order valence-corrected chi connectivity index (χ1v) is 8.18. The molecule has 3 rings (SSSR count). The molecule has 1 N–H and O–H groups in total. The highest BCUT2D eigenvalue weighted by Gasteiger charge is 2.24. The van der Waals surface area contributed by atoms with Gasteiger partial charge in [0.1, 0.15) is 0 Å². The van der Waals surface area contributed by atoms with Gasteiger partial charge in [0.15, 0.2) is 5.96 Å². The molecule has 6 heteroatoms. The number of morpholine rings is 1. The third-order valence-electron chi connectivity index (χ3n) is 4.25. The van der Waals surface area contributed by atoms with Crippen LogP contribution >= 0.6 is 11.6 Å². The number of benzene rings is 1. The normalized spacial score (nSPS) is 20.8. The molecule has 0 bridgehead atoms. The Morgan fingerprint density at radius 2 is 1.95 bits per heavy atom. The maximum atomic E-state index is 6.03. The number of rotatable bonds is 4. The summed E-state index contributed by atoms with van der Waals surface area (Å²) in [5, 5.41) is 4.28. The molecule has 1 aromatic rings. The quantitative estimate of drug-likeness (QED) is 0.914. The van der Waals surface area contributed by atoms with Crippen molar-refractivity contribution in [2.45, 2.75) is 6.04 Å². The van der Waals surface area contributed by atoms with E-state index in [9.17, 15) is 0 Å². The van der Waals surface area contributed by atoms with Crippen molar-refractivity contribution in [1.29, 1.82) is 0 Å². The van der Waals surface area contributed by atoms with E-state index < -0.39 is 0 Å². The molecule has 0 saturated carbocycles. The van der Waals surface area contributed by atoms with Crippen molar-refractivity contribution < 1.29 is 4.74 Å². The van der Waals surface area contributed by atoms with Crippen LogP contribution < -0.4 is 5.32 Å². The van der Waals surface area contributed by atoms with Gasteiger partial charge >= 0.3 is 0 Å². The van der Waals surface area contributed by atoms with Gasteiger partial charge in [0.2, 0.25) is 0 Å². The first-order chi connectivity index (χ1) is 10.7. The van der Waals surface area contributed by atoms with E-state index in [1.54, 1.807) is 0 Å².